The van der Waals surface area contributed by atoms with Gasteiger partial charge in [0.2, 0.25) is 0 Å². The number of likely N-dealkylation sites (tertiary alicyclic amines) is 1. The highest BCUT2D eigenvalue weighted by atomic mass is 16.5. The lowest BCUT2D eigenvalue weighted by molar-refractivity contribution is 0.104. The first-order valence-electron chi connectivity index (χ1n) is 6.90. The minimum atomic E-state index is 0.0481. The van der Waals surface area contributed by atoms with E-state index in [4.69, 9.17) is 4.74 Å². The Morgan fingerprint density at radius 1 is 1.11 bits per heavy atom. The van der Waals surface area contributed by atoms with E-state index in [2.05, 4.69) is 4.90 Å². The summed E-state index contributed by atoms with van der Waals surface area (Å²) < 4.78 is 5.08. The third-order valence-corrected chi connectivity index (χ3v) is 3.45. The lowest BCUT2D eigenvalue weighted by Gasteiger charge is -2.16. The van der Waals surface area contributed by atoms with Crippen molar-refractivity contribution in [1.82, 2.24) is 4.90 Å². The van der Waals surface area contributed by atoms with Crippen molar-refractivity contribution >= 4 is 5.78 Å². The van der Waals surface area contributed by atoms with Crippen LogP contribution in [0.4, 0.5) is 0 Å². The predicted molar refractivity (Wildman–Crippen MR) is 76.5 cm³/mol. The number of carbonyl (C=O) groups excluding carboxylic acids is 1. The van der Waals surface area contributed by atoms with Crippen molar-refractivity contribution in [3.8, 4) is 5.75 Å². The monoisotopic (exact) mass is 259 g/mol. The second-order valence-electron chi connectivity index (χ2n) is 4.86. The number of carbonyl (C=O) groups is 1. The molecule has 0 N–H and O–H groups in total. The molecule has 1 aliphatic heterocycles. The Balaban J connectivity index is 1.94. The van der Waals surface area contributed by atoms with E-state index in [1.54, 1.807) is 25.3 Å². The van der Waals surface area contributed by atoms with E-state index in [1.165, 1.54) is 25.7 Å². The topological polar surface area (TPSA) is 29.5 Å². The maximum absolute atomic E-state index is 12.0. The van der Waals surface area contributed by atoms with Gasteiger partial charge in [-0.15, -0.1) is 0 Å². The Hall–Kier alpha value is -1.77. The molecular formula is C16H21NO2. The van der Waals surface area contributed by atoms with Crippen molar-refractivity contribution in [3.63, 3.8) is 0 Å². The molecule has 1 heterocycles. The molecule has 1 saturated heterocycles. The van der Waals surface area contributed by atoms with E-state index >= 15 is 0 Å². The van der Waals surface area contributed by atoms with Gasteiger partial charge >= 0.3 is 0 Å². The van der Waals surface area contributed by atoms with Crippen LogP contribution in [0.3, 0.4) is 0 Å². The third-order valence-electron chi connectivity index (χ3n) is 3.45. The minimum Gasteiger partial charge on any atom is -0.497 e. The highest BCUT2D eigenvalue weighted by Crippen LogP contribution is 2.13. The number of hydrogen-bond donors (Lipinski definition) is 0. The van der Waals surface area contributed by atoms with Gasteiger partial charge in [-0.05, 0) is 37.1 Å². The summed E-state index contributed by atoms with van der Waals surface area (Å²) in [5.41, 5.74) is 0.701. The summed E-state index contributed by atoms with van der Waals surface area (Å²) in [4.78, 5) is 14.3. The quantitative estimate of drug-likeness (QED) is 0.614. The number of rotatable bonds is 4. The summed E-state index contributed by atoms with van der Waals surface area (Å²) in [6.45, 7) is 2.12. The van der Waals surface area contributed by atoms with Crippen LogP contribution in [0, 0.1) is 0 Å². The van der Waals surface area contributed by atoms with Crippen LogP contribution >= 0.6 is 0 Å². The molecule has 2 rings (SSSR count). The van der Waals surface area contributed by atoms with Gasteiger partial charge in [-0.2, -0.15) is 0 Å². The lowest BCUT2D eigenvalue weighted by Crippen LogP contribution is -2.18. The summed E-state index contributed by atoms with van der Waals surface area (Å²) in [6, 6.07) is 7.22. The van der Waals surface area contributed by atoms with Crippen LogP contribution in [0.5, 0.6) is 5.75 Å². The predicted octanol–water partition coefficient (Wildman–Crippen LogP) is 3.27. The Kier molecular flexibility index (Phi) is 5.01. The van der Waals surface area contributed by atoms with E-state index in [-0.39, 0.29) is 5.78 Å². The smallest absolute Gasteiger partial charge is 0.187 e. The van der Waals surface area contributed by atoms with Gasteiger partial charge in [0, 0.05) is 30.9 Å². The maximum Gasteiger partial charge on any atom is 0.187 e. The van der Waals surface area contributed by atoms with E-state index in [0.29, 0.717) is 5.56 Å². The molecule has 3 nitrogen and oxygen atoms in total. The van der Waals surface area contributed by atoms with E-state index in [9.17, 15) is 4.79 Å². The molecule has 0 aliphatic carbocycles. The van der Waals surface area contributed by atoms with Gasteiger partial charge in [-0.25, -0.2) is 0 Å². The van der Waals surface area contributed by atoms with Crippen LogP contribution in [0.15, 0.2) is 36.5 Å². The number of nitrogens with zero attached hydrogens (tertiary/aromatic N) is 1. The van der Waals surface area contributed by atoms with E-state index in [0.717, 1.165) is 18.8 Å². The molecule has 1 aromatic carbocycles. The summed E-state index contributed by atoms with van der Waals surface area (Å²) in [7, 11) is 1.62. The van der Waals surface area contributed by atoms with Gasteiger partial charge in [-0.3, -0.25) is 4.79 Å². The molecule has 1 aromatic rings. The fourth-order valence-corrected chi connectivity index (χ4v) is 2.27. The zero-order chi connectivity index (χ0) is 13.5. The standard InChI is InChI=1S/C16H21NO2/c1-19-15-8-6-14(7-9-15)16(18)10-13-17-11-4-2-3-5-12-17/h6-10,13H,2-5,11-12H2,1H3/b13-10+. The molecule has 0 spiro atoms. The van der Waals surface area contributed by atoms with Crippen molar-refractivity contribution in [1.29, 1.82) is 0 Å². The second kappa shape index (κ2) is 6.98. The number of allylic oxidation sites excluding steroid dienone is 1. The molecule has 0 radical (unpaired) electrons. The summed E-state index contributed by atoms with van der Waals surface area (Å²) in [5.74, 6) is 0.819. The molecule has 0 unspecified atom stereocenters. The second-order valence-corrected chi connectivity index (χ2v) is 4.86. The average Bonchev–Trinajstić information content (AvgIpc) is 2.73. The molecule has 102 valence electrons. The van der Waals surface area contributed by atoms with Crippen molar-refractivity contribution in [2.75, 3.05) is 20.2 Å². The van der Waals surface area contributed by atoms with Crippen LogP contribution < -0.4 is 4.74 Å². The highest BCUT2D eigenvalue weighted by molar-refractivity contribution is 6.04. The first kappa shape index (κ1) is 13.7. The Morgan fingerprint density at radius 3 is 2.32 bits per heavy atom. The molecule has 0 bridgehead atoms. The lowest BCUT2D eigenvalue weighted by atomic mass is 10.1. The normalized spacial score (nSPS) is 16.4. The number of methoxy groups -OCH3 is 1. The summed E-state index contributed by atoms with van der Waals surface area (Å²) in [6.07, 6.45) is 8.67. The molecule has 1 aliphatic rings. The zero-order valence-corrected chi connectivity index (χ0v) is 11.5. The average molecular weight is 259 g/mol. The van der Waals surface area contributed by atoms with Crippen molar-refractivity contribution in [2.45, 2.75) is 25.7 Å². The fourth-order valence-electron chi connectivity index (χ4n) is 2.27. The number of hydrogen-bond acceptors (Lipinski definition) is 3. The number of benzene rings is 1. The van der Waals surface area contributed by atoms with Gasteiger partial charge < -0.3 is 9.64 Å². The molecule has 0 amide bonds. The van der Waals surface area contributed by atoms with Crippen LogP contribution in [0.2, 0.25) is 0 Å². The van der Waals surface area contributed by atoms with Gasteiger partial charge in [0.05, 0.1) is 7.11 Å². The molecule has 0 atom stereocenters. The molecule has 0 aromatic heterocycles. The van der Waals surface area contributed by atoms with E-state index in [1.807, 2.05) is 18.3 Å². The van der Waals surface area contributed by atoms with E-state index < -0.39 is 0 Å². The summed E-state index contributed by atoms with van der Waals surface area (Å²) in [5, 5.41) is 0. The molecule has 19 heavy (non-hydrogen) atoms. The third kappa shape index (κ3) is 4.12. The van der Waals surface area contributed by atoms with Crippen LogP contribution in [0.1, 0.15) is 36.0 Å². The van der Waals surface area contributed by atoms with Crippen LogP contribution in [-0.4, -0.2) is 30.9 Å². The fraction of sp³-hybridized carbons (Fsp3) is 0.438. The SMILES string of the molecule is COc1ccc(C(=O)/C=C/N2CCCCCC2)cc1. The molecule has 0 saturated carbocycles. The maximum atomic E-state index is 12.0. The Bertz CT molecular complexity index is 429. The first-order valence-corrected chi connectivity index (χ1v) is 6.90. The van der Waals surface area contributed by atoms with Crippen molar-refractivity contribution in [2.24, 2.45) is 0 Å². The number of ketones is 1. The van der Waals surface area contributed by atoms with Gasteiger partial charge in [0.1, 0.15) is 5.75 Å². The zero-order valence-electron chi connectivity index (χ0n) is 11.5. The first-order chi connectivity index (χ1) is 9.29. The molecule has 1 fully saturated rings. The highest BCUT2D eigenvalue weighted by Gasteiger charge is 2.06. The Labute approximate surface area is 114 Å². The minimum absolute atomic E-state index is 0.0481. The van der Waals surface area contributed by atoms with Crippen molar-refractivity contribution in [3.05, 3.63) is 42.1 Å². The number of ether oxygens (including phenoxy) is 1. The Morgan fingerprint density at radius 2 is 1.74 bits per heavy atom. The molecule has 3 heteroatoms. The molecular weight excluding hydrogens is 238 g/mol. The van der Waals surface area contributed by atoms with Gasteiger partial charge in [0.15, 0.2) is 5.78 Å². The largest absolute Gasteiger partial charge is 0.497 e. The van der Waals surface area contributed by atoms with Crippen LogP contribution in [-0.2, 0) is 0 Å². The van der Waals surface area contributed by atoms with Gasteiger partial charge in [0.25, 0.3) is 0 Å². The summed E-state index contributed by atoms with van der Waals surface area (Å²) >= 11 is 0. The van der Waals surface area contributed by atoms with Gasteiger partial charge in [-0.1, -0.05) is 12.8 Å². The van der Waals surface area contributed by atoms with Crippen molar-refractivity contribution < 1.29 is 9.53 Å². The van der Waals surface area contributed by atoms with Crippen LogP contribution in [0.25, 0.3) is 0 Å².